The average molecular weight is 498 g/mol. The van der Waals surface area contributed by atoms with E-state index in [-0.39, 0.29) is 28.9 Å². The van der Waals surface area contributed by atoms with E-state index in [0.29, 0.717) is 35.2 Å². The maximum Gasteiger partial charge on any atom is 0.295 e. The summed E-state index contributed by atoms with van der Waals surface area (Å²) in [6, 6.07) is 8.59. The molecule has 180 valence electrons. The highest BCUT2D eigenvalue weighted by Gasteiger charge is 2.34. The molecule has 4 aromatic rings. The molecule has 0 aliphatic carbocycles. The predicted molar refractivity (Wildman–Crippen MR) is 128 cm³/mol. The molecule has 2 atom stereocenters. The van der Waals surface area contributed by atoms with Crippen molar-refractivity contribution in [3.05, 3.63) is 71.0 Å². The van der Waals surface area contributed by atoms with Gasteiger partial charge in [-0.05, 0) is 43.0 Å². The molecule has 0 spiro atoms. The van der Waals surface area contributed by atoms with Crippen molar-refractivity contribution >= 4 is 34.6 Å². The second kappa shape index (κ2) is 9.58. The largest absolute Gasteiger partial charge is 0.424 e. The van der Waals surface area contributed by atoms with Gasteiger partial charge in [0, 0.05) is 42.6 Å². The van der Waals surface area contributed by atoms with Crippen LogP contribution in [0.15, 0.2) is 53.2 Å². The SMILES string of the molecule is CC1CCCN(C(=O)c2cc(F)cc(F)c2-c2ncccn2)C1CNc1nc2ccc(Cl)cc2o1. The van der Waals surface area contributed by atoms with Gasteiger partial charge in [-0.2, -0.15) is 4.98 Å². The van der Waals surface area contributed by atoms with Crippen LogP contribution in [0.2, 0.25) is 5.02 Å². The lowest BCUT2D eigenvalue weighted by Gasteiger charge is -2.40. The highest BCUT2D eigenvalue weighted by atomic mass is 35.5. The van der Waals surface area contributed by atoms with E-state index in [1.165, 1.54) is 12.4 Å². The number of aromatic nitrogens is 3. The van der Waals surface area contributed by atoms with E-state index >= 15 is 0 Å². The molecular formula is C25H22ClF2N5O2. The Morgan fingerprint density at radius 1 is 1.23 bits per heavy atom. The fourth-order valence-electron chi connectivity index (χ4n) is 4.53. The summed E-state index contributed by atoms with van der Waals surface area (Å²) in [5.74, 6) is -2.04. The quantitative estimate of drug-likeness (QED) is 0.388. The van der Waals surface area contributed by atoms with Gasteiger partial charge in [-0.3, -0.25) is 4.79 Å². The fraction of sp³-hybridized carbons (Fsp3) is 0.280. The summed E-state index contributed by atoms with van der Waals surface area (Å²) in [7, 11) is 0. The van der Waals surface area contributed by atoms with Crippen LogP contribution in [0.3, 0.4) is 0 Å². The molecule has 1 saturated heterocycles. The van der Waals surface area contributed by atoms with E-state index in [1.54, 1.807) is 29.2 Å². The third-order valence-corrected chi connectivity index (χ3v) is 6.50. The van der Waals surface area contributed by atoms with Crippen molar-refractivity contribution in [1.29, 1.82) is 0 Å². The Balaban J connectivity index is 1.44. The lowest BCUT2D eigenvalue weighted by molar-refractivity contribution is 0.0539. The summed E-state index contributed by atoms with van der Waals surface area (Å²) < 4.78 is 34.8. The number of nitrogens with one attached hydrogen (secondary N) is 1. The lowest BCUT2D eigenvalue weighted by Crippen LogP contribution is -2.51. The molecule has 1 aliphatic heterocycles. The number of nitrogens with zero attached hydrogens (tertiary/aromatic N) is 4. The van der Waals surface area contributed by atoms with Crippen LogP contribution in [0.4, 0.5) is 14.8 Å². The van der Waals surface area contributed by atoms with Crippen LogP contribution < -0.4 is 5.32 Å². The number of carbonyl (C=O) groups excluding carboxylic acids is 1. The van der Waals surface area contributed by atoms with Gasteiger partial charge >= 0.3 is 0 Å². The van der Waals surface area contributed by atoms with E-state index in [4.69, 9.17) is 16.0 Å². The molecule has 1 N–H and O–H groups in total. The number of carbonyl (C=O) groups is 1. The number of piperidine rings is 1. The van der Waals surface area contributed by atoms with Gasteiger partial charge in [-0.25, -0.2) is 18.7 Å². The van der Waals surface area contributed by atoms with Crippen molar-refractivity contribution in [1.82, 2.24) is 19.9 Å². The highest BCUT2D eigenvalue weighted by molar-refractivity contribution is 6.31. The van der Waals surface area contributed by atoms with Crippen LogP contribution in [-0.2, 0) is 0 Å². The number of amides is 1. The maximum atomic E-state index is 14.9. The summed E-state index contributed by atoms with van der Waals surface area (Å²) in [6.07, 6.45) is 4.58. The van der Waals surface area contributed by atoms with Crippen molar-refractivity contribution in [2.24, 2.45) is 5.92 Å². The smallest absolute Gasteiger partial charge is 0.295 e. The van der Waals surface area contributed by atoms with Gasteiger partial charge in [0.1, 0.15) is 17.2 Å². The standard InChI is InChI=1S/C25H22ClF2N5O2/c1-14-4-2-9-33(20(14)13-31-25-32-19-6-5-15(26)10-21(19)35-25)24(34)17-11-16(27)12-18(28)22(17)23-29-7-3-8-30-23/h3,5-8,10-12,14,20H,2,4,9,13H2,1H3,(H,31,32). The molecule has 3 heterocycles. The number of halogens is 3. The number of benzene rings is 2. The Morgan fingerprint density at radius 3 is 2.83 bits per heavy atom. The zero-order valence-corrected chi connectivity index (χ0v) is 19.6. The Bertz CT molecular complexity index is 1380. The molecule has 1 amide bonds. The Kier molecular flexibility index (Phi) is 6.34. The molecule has 2 unspecified atom stereocenters. The number of anilines is 1. The fourth-order valence-corrected chi connectivity index (χ4v) is 4.69. The number of oxazole rings is 1. The van der Waals surface area contributed by atoms with Gasteiger partial charge in [0.25, 0.3) is 11.9 Å². The van der Waals surface area contributed by atoms with Crippen LogP contribution in [0, 0.1) is 17.6 Å². The first-order chi connectivity index (χ1) is 16.9. The first-order valence-corrected chi connectivity index (χ1v) is 11.7. The van der Waals surface area contributed by atoms with Crippen molar-refractivity contribution < 1.29 is 18.0 Å². The number of hydrogen-bond donors (Lipinski definition) is 1. The van der Waals surface area contributed by atoms with Gasteiger partial charge in [0.15, 0.2) is 11.4 Å². The van der Waals surface area contributed by atoms with Gasteiger partial charge in [0.2, 0.25) is 0 Å². The number of rotatable bonds is 5. The lowest BCUT2D eigenvalue weighted by atomic mass is 9.89. The summed E-state index contributed by atoms with van der Waals surface area (Å²) in [5.41, 5.74) is 0.985. The minimum Gasteiger partial charge on any atom is -0.424 e. The number of hydrogen-bond acceptors (Lipinski definition) is 6. The maximum absolute atomic E-state index is 14.9. The van der Waals surface area contributed by atoms with Crippen LogP contribution in [0.25, 0.3) is 22.5 Å². The molecule has 0 saturated carbocycles. The minimum atomic E-state index is -0.885. The van der Waals surface area contributed by atoms with Gasteiger partial charge in [-0.15, -0.1) is 0 Å². The first-order valence-electron chi connectivity index (χ1n) is 11.3. The number of fused-ring (bicyclic) bond motifs is 1. The molecule has 10 heteroatoms. The van der Waals surface area contributed by atoms with E-state index in [2.05, 4.69) is 20.3 Å². The van der Waals surface area contributed by atoms with Gasteiger partial charge in [0.05, 0.1) is 17.2 Å². The van der Waals surface area contributed by atoms with Gasteiger partial charge < -0.3 is 14.6 Å². The number of likely N-dealkylation sites (tertiary alicyclic amines) is 1. The van der Waals surface area contributed by atoms with E-state index < -0.39 is 17.5 Å². The molecule has 1 aliphatic rings. The third kappa shape index (κ3) is 4.68. The molecular weight excluding hydrogens is 476 g/mol. The van der Waals surface area contributed by atoms with E-state index in [9.17, 15) is 13.6 Å². The zero-order chi connectivity index (χ0) is 24.5. The zero-order valence-electron chi connectivity index (χ0n) is 18.8. The monoisotopic (exact) mass is 497 g/mol. The predicted octanol–water partition coefficient (Wildman–Crippen LogP) is 5.57. The topological polar surface area (TPSA) is 84.2 Å². The summed E-state index contributed by atoms with van der Waals surface area (Å²) in [4.78, 5) is 27.9. The Morgan fingerprint density at radius 2 is 2.03 bits per heavy atom. The van der Waals surface area contributed by atoms with Crippen molar-refractivity contribution in [2.45, 2.75) is 25.8 Å². The molecule has 0 bridgehead atoms. The van der Waals surface area contributed by atoms with Gasteiger partial charge in [-0.1, -0.05) is 18.5 Å². The summed E-state index contributed by atoms with van der Waals surface area (Å²) >= 11 is 6.02. The van der Waals surface area contributed by atoms with Crippen LogP contribution in [-0.4, -0.2) is 44.9 Å². The van der Waals surface area contributed by atoms with Crippen molar-refractivity contribution in [3.63, 3.8) is 0 Å². The molecule has 1 fully saturated rings. The molecule has 35 heavy (non-hydrogen) atoms. The van der Waals surface area contributed by atoms with E-state index in [0.717, 1.165) is 25.0 Å². The second-order valence-electron chi connectivity index (χ2n) is 8.58. The Labute approximate surface area is 205 Å². The minimum absolute atomic E-state index is 0.0261. The first kappa shape index (κ1) is 23.2. The van der Waals surface area contributed by atoms with Crippen molar-refractivity contribution in [2.75, 3.05) is 18.4 Å². The second-order valence-corrected chi connectivity index (χ2v) is 9.02. The Hall–Kier alpha value is -3.59. The molecule has 2 aromatic carbocycles. The van der Waals surface area contributed by atoms with Crippen molar-refractivity contribution in [3.8, 4) is 11.4 Å². The molecule has 5 rings (SSSR count). The molecule has 0 radical (unpaired) electrons. The third-order valence-electron chi connectivity index (χ3n) is 6.26. The van der Waals surface area contributed by atoms with Crippen LogP contribution >= 0.6 is 11.6 Å². The molecule has 7 nitrogen and oxygen atoms in total. The van der Waals surface area contributed by atoms with Crippen LogP contribution in [0.1, 0.15) is 30.1 Å². The highest BCUT2D eigenvalue weighted by Crippen LogP contribution is 2.31. The average Bonchev–Trinajstić information content (AvgIpc) is 3.24. The summed E-state index contributed by atoms with van der Waals surface area (Å²) in [5, 5.41) is 3.71. The van der Waals surface area contributed by atoms with E-state index in [1.807, 2.05) is 6.92 Å². The summed E-state index contributed by atoms with van der Waals surface area (Å²) in [6.45, 7) is 2.85. The molecule has 2 aromatic heterocycles. The normalized spacial score (nSPS) is 18.1. The van der Waals surface area contributed by atoms with Crippen LogP contribution in [0.5, 0.6) is 0 Å².